The van der Waals surface area contributed by atoms with E-state index in [-0.39, 0.29) is 25.9 Å². The Morgan fingerprint density at radius 3 is 2.43 bits per heavy atom. The van der Waals surface area contributed by atoms with Gasteiger partial charge in [0.15, 0.2) is 0 Å². The fourth-order valence-electron chi connectivity index (χ4n) is 0.123. The number of thiol groups is 1. The Balaban J connectivity index is -0.0000000417. The molecule has 0 aliphatic heterocycles. The van der Waals surface area contributed by atoms with Gasteiger partial charge in [-0.25, -0.2) is 0 Å². The second-order valence-electron chi connectivity index (χ2n) is 0.699. The van der Waals surface area contributed by atoms with Crippen LogP contribution in [0.15, 0.2) is 0 Å². The van der Waals surface area contributed by atoms with Gasteiger partial charge >= 0.3 is 23.1 Å². The average Bonchev–Trinajstić information content (AvgIpc) is 1.35. The van der Waals surface area contributed by atoms with Gasteiger partial charge in [-0.1, -0.05) is 12.6 Å². The van der Waals surface area contributed by atoms with E-state index >= 15 is 0 Å². The van der Waals surface area contributed by atoms with Crippen LogP contribution < -0.4 is 0 Å². The summed E-state index contributed by atoms with van der Waals surface area (Å²) in [5.74, 6) is 0. The van der Waals surface area contributed by atoms with Crippen molar-refractivity contribution in [1.29, 1.82) is 0 Å². The predicted octanol–water partition coefficient (Wildman–Crippen LogP) is 1.08. The second kappa shape index (κ2) is 7.01. The SMILES string of the molecule is CCOC(=S)S.[H-].[H-].[Mg+2]. The molecular weight excluding hydrogens is 140 g/mol. The Morgan fingerprint density at radius 2 is 2.43 bits per heavy atom. The first kappa shape index (κ1) is 10.9. The minimum Gasteiger partial charge on any atom is -1.00 e. The molecule has 40 valence electrons. The maximum atomic E-state index is 4.64. The molecule has 0 spiro atoms. The van der Waals surface area contributed by atoms with Crippen LogP contribution in [0.4, 0.5) is 0 Å². The van der Waals surface area contributed by atoms with E-state index in [1.165, 1.54) is 0 Å². The monoisotopic (exact) mass is 148 g/mol. The van der Waals surface area contributed by atoms with Crippen LogP contribution in [0.2, 0.25) is 0 Å². The molecule has 0 saturated heterocycles. The van der Waals surface area contributed by atoms with Gasteiger partial charge in [-0.2, -0.15) is 0 Å². The van der Waals surface area contributed by atoms with Gasteiger partial charge in [0.2, 0.25) is 4.38 Å². The molecule has 0 atom stereocenters. The first-order valence-corrected chi connectivity index (χ1v) is 2.48. The number of ether oxygens (including phenoxy) is 1. The van der Waals surface area contributed by atoms with E-state index in [1.54, 1.807) is 0 Å². The van der Waals surface area contributed by atoms with Gasteiger partial charge in [0.1, 0.15) is 0 Å². The van der Waals surface area contributed by atoms with Crippen molar-refractivity contribution in [2.75, 3.05) is 6.61 Å². The van der Waals surface area contributed by atoms with Gasteiger partial charge in [-0.05, 0) is 19.1 Å². The molecule has 0 aromatic heterocycles. The molecular formula is C3H8MgOS2. The Hall–Kier alpha value is 1.01. The van der Waals surface area contributed by atoms with Gasteiger partial charge in [0, 0.05) is 0 Å². The molecule has 0 heterocycles. The quantitative estimate of drug-likeness (QED) is 0.339. The minimum atomic E-state index is 0. The van der Waals surface area contributed by atoms with Gasteiger partial charge in [-0.15, -0.1) is 0 Å². The maximum Gasteiger partial charge on any atom is 2.00 e. The van der Waals surface area contributed by atoms with Crippen molar-refractivity contribution < 1.29 is 7.59 Å². The molecule has 0 aromatic carbocycles. The van der Waals surface area contributed by atoms with Gasteiger partial charge in [-0.3, -0.25) is 0 Å². The van der Waals surface area contributed by atoms with Gasteiger partial charge in [0.25, 0.3) is 0 Å². The van der Waals surface area contributed by atoms with Crippen LogP contribution in [0, 0.1) is 0 Å². The predicted molar refractivity (Wildman–Crippen MR) is 41.2 cm³/mol. The van der Waals surface area contributed by atoms with Crippen molar-refractivity contribution in [2.45, 2.75) is 6.92 Å². The number of rotatable bonds is 1. The molecule has 0 aromatic rings. The molecule has 0 radical (unpaired) electrons. The van der Waals surface area contributed by atoms with E-state index in [0.717, 1.165) is 0 Å². The van der Waals surface area contributed by atoms with E-state index in [4.69, 9.17) is 0 Å². The standard InChI is InChI=1S/C3H6OS2.Mg.2H/c1-2-4-3(5)6;;;/h2H2,1H3,(H,5,6);;;/q;+2;2*-1. The Labute approximate surface area is 73.3 Å². The van der Waals surface area contributed by atoms with Crippen LogP contribution in [0.25, 0.3) is 0 Å². The summed E-state index contributed by atoms with van der Waals surface area (Å²) in [7, 11) is 0. The zero-order chi connectivity index (χ0) is 4.99. The van der Waals surface area contributed by atoms with E-state index in [0.29, 0.717) is 11.0 Å². The van der Waals surface area contributed by atoms with Crippen molar-refractivity contribution in [1.82, 2.24) is 0 Å². The molecule has 4 heteroatoms. The normalized spacial score (nSPS) is 6.57. The molecule has 0 fully saturated rings. The first-order chi connectivity index (χ1) is 2.77. The summed E-state index contributed by atoms with van der Waals surface area (Å²) in [6, 6.07) is 0. The van der Waals surface area contributed by atoms with Crippen molar-refractivity contribution in [2.24, 2.45) is 0 Å². The van der Waals surface area contributed by atoms with Crippen LogP contribution in [0.5, 0.6) is 0 Å². The Kier molecular flexibility index (Phi) is 10.9. The number of thiocarbonyl (C=S) groups is 1. The van der Waals surface area contributed by atoms with E-state index < -0.39 is 0 Å². The third-order valence-corrected chi connectivity index (χ3v) is 0.515. The summed E-state index contributed by atoms with van der Waals surface area (Å²) in [5, 5.41) is 0. The molecule has 0 saturated carbocycles. The summed E-state index contributed by atoms with van der Waals surface area (Å²) in [6.07, 6.45) is 0. The summed E-state index contributed by atoms with van der Waals surface area (Å²) >= 11 is 8.12. The zero-order valence-electron chi connectivity index (χ0n) is 6.18. The molecule has 1 nitrogen and oxygen atoms in total. The molecule has 0 aliphatic rings. The van der Waals surface area contributed by atoms with Crippen molar-refractivity contribution in [3.8, 4) is 0 Å². The van der Waals surface area contributed by atoms with Crippen molar-refractivity contribution in [3.05, 3.63) is 0 Å². The largest absolute Gasteiger partial charge is 2.00 e. The summed E-state index contributed by atoms with van der Waals surface area (Å²) in [4.78, 5) is 0. The second-order valence-corrected chi connectivity index (χ2v) is 1.78. The maximum absolute atomic E-state index is 4.64. The molecule has 0 bridgehead atoms. The molecule has 0 N–H and O–H groups in total. The summed E-state index contributed by atoms with van der Waals surface area (Å²) < 4.78 is 4.95. The van der Waals surface area contributed by atoms with Crippen molar-refractivity contribution in [3.63, 3.8) is 0 Å². The summed E-state index contributed by atoms with van der Waals surface area (Å²) in [6.45, 7) is 2.48. The van der Waals surface area contributed by atoms with Crippen LogP contribution in [0.1, 0.15) is 9.78 Å². The first-order valence-electron chi connectivity index (χ1n) is 1.63. The van der Waals surface area contributed by atoms with E-state index in [9.17, 15) is 0 Å². The van der Waals surface area contributed by atoms with Gasteiger partial charge in [0.05, 0.1) is 6.61 Å². The molecule has 0 amide bonds. The van der Waals surface area contributed by atoms with Crippen LogP contribution in [-0.2, 0) is 4.74 Å². The van der Waals surface area contributed by atoms with E-state index in [1.807, 2.05) is 6.92 Å². The minimum absolute atomic E-state index is 0. The Morgan fingerprint density at radius 1 is 2.00 bits per heavy atom. The fourth-order valence-corrected chi connectivity index (χ4v) is 0.370. The average molecular weight is 149 g/mol. The van der Waals surface area contributed by atoms with Crippen LogP contribution >= 0.6 is 24.8 Å². The molecule has 0 rings (SSSR count). The fraction of sp³-hybridized carbons (Fsp3) is 0.667. The third kappa shape index (κ3) is 10.9. The van der Waals surface area contributed by atoms with Gasteiger partial charge < -0.3 is 7.59 Å². The molecule has 7 heavy (non-hydrogen) atoms. The number of hydrogen-bond donors (Lipinski definition) is 1. The Bertz CT molecular complexity index is 63.8. The number of hydrogen-bond acceptors (Lipinski definition) is 2. The van der Waals surface area contributed by atoms with Crippen LogP contribution in [-0.4, -0.2) is 34.0 Å². The smallest absolute Gasteiger partial charge is 1.00 e. The topological polar surface area (TPSA) is 9.23 Å². The van der Waals surface area contributed by atoms with Crippen molar-refractivity contribution >= 4 is 52.3 Å². The summed E-state index contributed by atoms with van der Waals surface area (Å²) in [5.41, 5.74) is 0. The zero-order valence-corrected chi connectivity index (χ0v) is 7.30. The molecule has 0 aliphatic carbocycles. The molecule has 0 unspecified atom stereocenters. The van der Waals surface area contributed by atoms with Crippen LogP contribution in [0.3, 0.4) is 0 Å². The van der Waals surface area contributed by atoms with E-state index in [2.05, 4.69) is 29.6 Å². The third-order valence-electron chi connectivity index (χ3n) is 0.268.